The second-order valence-corrected chi connectivity index (χ2v) is 29.8. The molecule has 0 spiro atoms. The van der Waals surface area contributed by atoms with Crippen molar-refractivity contribution in [3.05, 3.63) is 138 Å². The van der Waals surface area contributed by atoms with E-state index in [1.165, 1.54) is 23.1 Å². The fourth-order valence-corrected chi connectivity index (χ4v) is 9.78. The third-order valence-electron chi connectivity index (χ3n) is 12.2. The Kier molecular flexibility index (Phi) is 14.6. The Bertz CT molecular complexity index is 2330. The normalized spacial score (nSPS) is 16.8. The highest BCUT2D eigenvalue weighted by atomic mass is 32.2. The lowest BCUT2D eigenvalue weighted by atomic mass is 9.85. The Labute approximate surface area is 367 Å². The number of carbonyl (C=O) groups is 2. The van der Waals surface area contributed by atoms with Crippen LogP contribution in [0.4, 0.5) is 24.5 Å². The molecule has 2 amide bonds. The summed E-state index contributed by atoms with van der Waals surface area (Å²) in [5.74, 6) is -1.89. The SMILES string of the molecule is CC(C)(C)[Si](C)(C)O[C@@H]1CC(C(=O)N(Cc2ccccc2)c2ccccc2)=C(C(=O)N(Cc2ccccc2)c2ccccc2OS(=O)(=O)C(F)(F)F)C[C@H]1O[Si](C)(C)C(C)(C)C. The minimum atomic E-state index is -6.14. The molecule has 15 heteroatoms. The van der Waals surface area contributed by atoms with Gasteiger partial charge in [-0.15, -0.1) is 0 Å². The van der Waals surface area contributed by atoms with Crippen LogP contribution in [-0.2, 0) is 41.6 Å². The van der Waals surface area contributed by atoms with Crippen LogP contribution in [0.15, 0.2) is 126 Å². The van der Waals surface area contributed by atoms with Crippen LogP contribution in [0.1, 0.15) is 65.5 Å². The molecule has 334 valence electrons. The zero-order valence-corrected chi connectivity index (χ0v) is 40.1. The molecule has 62 heavy (non-hydrogen) atoms. The molecule has 4 aromatic carbocycles. The first-order valence-corrected chi connectivity index (χ1v) is 27.9. The van der Waals surface area contributed by atoms with Gasteiger partial charge in [-0.25, -0.2) is 0 Å². The highest BCUT2D eigenvalue weighted by Crippen LogP contribution is 2.45. The summed E-state index contributed by atoms with van der Waals surface area (Å²) in [6, 6.07) is 32.5. The summed E-state index contributed by atoms with van der Waals surface area (Å²) in [7, 11) is -11.3. The number of hydrogen-bond acceptors (Lipinski definition) is 7. The topological polar surface area (TPSA) is 102 Å². The Hall–Kier alpha value is -4.55. The average molecular weight is 909 g/mol. The summed E-state index contributed by atoms with van der Waals surface area (Å²) < 4.78 is 85.4. The van der Waals surface area contributed by atoms with Gasteiger partial charge < -0.3 is 22.8 Å². The van der Waals surface area contributed by atoms with Crippen molar-refractivity contribution in [3.8, 4) is 5.75 Å². The minimum absolute atomic E-state index is 0.0103. The van der Waals surface area contributed by atoms with Crippen molar-refractivity contribution >= 4 is 49.9 Å². The lowest BCUT2D eigenvalue weighted by Crippen LogP contribution is -2.54. The van der Waals surface area contributed by atoms with Gasteiger partial charge in [-0.1, -0.05) is 133 Å². The number of anilines is 2. The zero-order chi connectivity index (χ0) is 45.9. The van der Waals surface area contributed by atoms with Crippen molar-refractivity contribution < 1.29 is 44.2 Å². The molecule has 0 saturated carbocycles. The molecule has 2 atom stereocenters. The van der Waals surface area contributed by atoms with E-state index in [1.54, 1.807) is 35.2 Å². The van der Waals surface area contributed by atoms with Gasteiger partial charge in [-0.3, -0.25) is 9.59 Å². The van der Waals surface area contributed by atoms with Crippen molar-refractivity contribution in [3.63, 3.8) is 0 Å². The summed E-state index contributed by atoms with van der Waals surface area (Å²) in [5.41, 5.74) is -3.74. The first-order valence-electron chi connectivity index (χ1n) is 20.7. The Morgan fingerprint density at radius 1 is 0.597 bits per heavy atom. The molecule has 0 aromatic heterocycles. The van der Waals surface area contributed by atoms with Crippen LogP contribution in [0.2, 0.25) is 36.3 Å². The van der Waals surface area contributed by atoms with E-state index in [4.69, 9.17) is 13.0 Å². The molecule has 0 bridgehead atoms. The van der Waals surface area contributed by atoms with Crippen LogP contribution in [0.5, 0.6) is 5.75 Å². The summed E-state index contributed by atoms with van der Waals surface area (Å²) >= 11 is 0. The van der Waals surface area contributed by atoms with Crippen molar-refractivity contribution in [2.45, 2.75) is 121 Å². The molecule has 0 heterocycles. The van der Waals surface area contributed by atoms with Gasteiger partial charge >= 0.3 is 15.6 Å². The van der Waals surface area contributed by atoms with E-state index in [9.17, 15) is 21.6 Å². The molecule has 0 aliphatic heterocycles. The van der Waals surface area contributed by atoms with Gasteiger partial charge in [0.2, 0.25) is 0 Å². The van der Waals surface area contributed by atoms with Crippen molar-refractivity contribution in [2.75, 3.05) is 9.80 Å². The quantitative estimate of drug-likeness (QED) is 0.0705. The van der Waals surface area contributed by atoms with Gasteiger partial charge in [0.1, 0.15) is 0 Å². The monoisotopic (exact) mass is 908 g/mol. The molecule has 9 nitrogen and oxygen atoms in total. The third kappa shape index (κ3) is 11.3. The van der Waals surface area contributed by atoms with E-state index in [2.05, 4.69) is 67.7 Å². The van der Waals surface area contributed by atoms with Gasteiger partial charge in [0.15, 0.2) is 22.4 Å². The van der Waals surface area contributed by atoms with Crippen LogP contribution in [0, 0.1) is 0 Å². The van der Waals surface area contributed by atoms with E-state index in [-0.39, 0.29) is 52.8 Å². The van der Waals surface area contributed by atoms with E-state index >= 15 is 9.59 Å². The summed E-state index contributed by atoms with van der Waals surface area (Å²) in [6.07, 6.45) is -1.43. The predicted molar refractivity (Wildman–Crippen MR) is 244 cm³/mol. The summed E-state index contributed by atoms with van der Waals surface area (Å²) in [6.45, 7) is 21.1. The first-order chi connectivity index (χ1) is 28.7. The molecular weight excluding hydrogens is 850 g/mol. The number of amides is 2. The minimum Gasteiger partial charge on any atom is -0.411 e. The van der Waals surface area contributed by atoms with Crippen LogP contribution in [0.3, 0.4) is 0 Å². The number of benzene rings is 4. The molecule has 0 saturated heterocycles. The number of halogens is 3. The number of rotatable bonds is 14. The Balaban J connectivity index is 1.79. The van der Waals surface area contributed by atoms with Gasteiger partial charge in [0.25, 0.3) is 11.8 Å². The predicted octanol–water partition coefficient (Wildman–Crippen LogP) is 11.6. The number of alkyl halides is 3. The summed E-state index contributed by atoms with van der Waals surface area (Å²) in [4.78, 5) is 34.1. The van der Waals surface area contributed by atoms with Crippen LogP contribution >= 0.6 is 0 Å². The van der Waals surface area contributed by atoms with E-state index in [1.807, 2.05) is 60.7 Å². The lowest BCUT2D eigenvalue weighted by Gasteiger charge is -2.47. The van der Waals surface area contributed by atoms with Gasteiger partial charge in [0, 0.05) is 29.7 Å². The van der Waals surface area contributed by atoms with Gasteiger partial charge in [-0.05, 0) is 71.7 Å². The number of para-hydroxylation sites is 3. The molecule has 0 unspecified atom stereocenters. The van der Waals surface area contributed by atoms with Crippen molar-refractivity contribution in [1.29, 1.82) is 0 Å². The number of nitrogens with zero attached hydrogens (tertiary/aromatic N) is 2. The number of hydrogen-bond donors (Lipinski definition) is 0. The third-order valence-corrected chi connectivity index (χ3v) is 22.1. The largest absolute Gasteiger partial charge is 0.534 e. The van der Waals surface area contributed by atoms with Crippen LogP contribution < -0.4 is 14.0 Å². The standard InChI is InChI=1S/C47H59F3N2O7SSi2/c1-45(2,3)61(7,8)58-41-30-37(43(53)51(36-26-18-13-19-27-36)32-34-22-14-11-15-23-34)38(31-42(41)59-62(9,10)46(4,5)6)44(54)52(33-35-24-16-12-17-25-35)39-28-20-21-29-40(39)57-60(55,56)47(48,49)50/h11-29,41-42H,30-33H2,1-10H3/t41-,42-/m1/s1. The molecule has 0 N–H and O–H groups in total. The highest BCUT2D eigenvalue weighted by Gasteiger charge is 2.50. The molecule has 0 radical (unpaired) electrons. The summed E-state index contributed by atoms with van der Waals surface area (Å²) in [5, 5.41) is -0.479. The van der Waals surface area contributed by atoms with E-state index < -0.39 is 62.0 Å². The highest BCUT2D eigenvalue weighted by molar-refractivity contribution is 7.88. The van der Waals surface area contributed by atoms with Crippen molar-refractivity contribution in [1.82, 2.24) is 0 Å². The smallest absolute Gasteiger partial charge is 0.411 e. The maximum absolute atomic E-state index is 15.7. The van der Waals surface area contributed by atoms with E-state index in [0.717, 1.165) is 11.6 Å². The Morgan fingerprint density at radius 3 is 1.39 bits per heavy atom. The molecule has 1 aliphatic carbocycles. The molecule has 4 aromatic rings. The average Bonchev–Trinajstić information content (AvgIpc) is 3.19. The molecular formula is C47H59F3N2O7SSi2. The van der Waals surface area contributed by atoms with Crippen LogP contribution in [-0.4, -0.2) is 54.6 Å². The van der Waals surface area contributed by atoms with Gasteiger partial charge in [0.05, 0.1) is 31.0 Å². The second kappa shape index (κ2) is 18.7. The zero-order valence-electron chi connectivity index (χ0n) is 37.2. The van der Waals surface area contributed by atoms with Gasteiger partial charge in [-0.2, -0.15) is 21.6 Å². The first kappa shape index (κ1) is 48.5. The maximum atomic E-state index is 15.7. The molecule has 1 aliphatic rings. The lowest BCUT2D eigenvalue weighted by molar-refractivity contribution is -0.119. The molecule has 0 fully saturated rings. The Morgan fingerprint density at radius 2 is 0.968 bits per heavy atom. The van der Waals surface area contributed by atoms with E-state index in [0.29, 0.717) is 11.3 Å². The fourth-order valence-electron chi connectivity index (χ4n) is 6.62. The van der Waals surface area contributed by atoms with Crippen LogP contribution in [0.25, 0.3) is 0 Å². The molecule has 5 rings (SSSR count). The maximum Gasteiger partial charge on any atom is 0.534 e. The number of carbonyl (C=O) groups excluding carboxylic acids is 2. The fraction of sp³-hybridized carbons (Fsp3) is 0.404. The second-order valence-electron chi connectivity index (χ2n) is 18.7. The van der Waals surface area contributed by atoms with Crippen molar-refractivity contribution in [2.24, 2.45) is 0 Å².